The van der Waals surface area contributed by atoms with E-state index >= 15 is 0 Å². The van der Waals surface area contributed by atoms with E-state index in [9.17, 15) is 9.59 Å². The van der Waals surface area contributed by atoms with Crippen LogP contribution in [0.1, 0.15) is 28.7 Å². The summed E-state index contributed by atoms with van der Waals surface area (Å²) in [4.78, 5) is 26.3. The molecule has 1 saturated carbocycles. The Morgan fingerprint density at radius 1 is 0.690 bits per heavy atom. The Morgan fingerprint density at radius 2 is 1.10 bits per heavy atom. The lowest BCUT2D eigenvalue weighted by atomic mass is 9.81. The zero-order chi connectivity index (χ0) is 20.7. The normalized spacial score (nSPS) is 24.6. The largest absolute Gasteiger partial charge is 0.326 e. The predicted molar refractivity (Wildman–Crippen MR) is 117 cm³/mol. The number of hydrogen-bond acceptors (Lipinski definition) is 2. The van der Waals surface area contributed by atoms with Crippen LogP contribution in [0.25, 0.3) is 0 Å². The minimum absolute atomic E-state index is 0.0645. The highest BCUT2D eigenvalue weighted by molar-refractivity contribution is 6.01. The summed E-state index contributed by atoms with van der Waals surface area (Å²) < 4.78 is 0. The molecule has 2 aliphatic rings. The number of hydrogen-bond donors (Lipinski definition) is 2. The standard InChI is InChI=1S/C25H28N2O2/c1-14-5-9-20(11-16(14)3)26-24(28)22-18-7-8-19(13-18)23(22)25(29)27-21-10-6-15(2)17(4)12-21/h5-12,18-19,22-23H,13H2,1-4H3,(H,26,28)(H,27,29)/t18-,19-,22+,23+/m1/s1. The third-order valence-electron chi connectivity index (χ3n) is 6.61. The third kappa shape index (κ3) is 3.71. The van der Waals surface area contributed by atoms with Gasteiger partial charge in [0.05, 0.1) is 11.8 Å². The van der Waals surface area contributed by atoms with Crippen LogP contribution in [0.3, 0.4) is 0 Å². The molecule has 2 aliphatic carbocycles. The maximum Gasteiger partial charge on any atom is 0.228 e. The Balaban J connectivity index is 1.53. The summed E-state index contributed by atoms with van der Waals surface area (Å²) >= 11 is 0. The minimum atomic E-state index is -0.335. The first-order valence-corrected chi connectivity index (χ1v) is 10.3. The van der Waals surface area contributed by atoms with Crippen molar-refractivity contribution in [1.29, 1.82) is 0 Å². The Hall–Kier alpha value is -2.88. The molecule has 2 N–H and O–H groups in total. The summed E-state index contributed by atoms with van der Waals surface area (Å²) in [6.07, 6.45) is 5.08. The van der Waals surface area contributed by atoms with Crippen molar-refractivity contribution in [2.75, 3.05) is 10.6 Å². The molecule has 4 heteroatoms. The van der Waals surface area contributed by atoms with Gasteiger partial charge in [-0.25, -0.2) is 0 Å². The Labute approximate surface area is 172 Å². The molecule has 0 aliphatic heterocycles. The van der Waals surface area contributed by atoms with Gasteiger partial charge in [0.1, 0.15) is 0 Å². The molecule has 2 aromatic carbocycles. The van der Waals surface area contributed by atoms with Crippen LogP contribution in [0, 0.1) is 51.4 Å². The van der Waals surface area contributed by atoms with Gasteiger partial charge >= 0.3 is 0 Å². The number of benzene rings is 2. The van der Waals surface area contributed by atoms with Crippen molar-refractivity contribution in [2.24, 2.45) is 23.7 Å². The van der Waals surface area contributed by atoms with E-state index in [2.05, 4.69) is 36.6 Å². The highest BCUT2D eigenvalue weighted by Crippen LogP contribution is 2.48. The zero-order valence-corrected chi connectivity index (χ0v) is 17.5. The van der Waals surface area contributed by atoms with Crippen molar-refractivity contribution in [1.82, 2.24) is 0 Å². The first-order chi connectivity index (χ1) is 13.8. The molecule has 4 atom stereocenters. The van der Waals surface area contributed by atoms with Crippen molar-refractivity contribution in [2.45, 2.75) is 34.1 Å². The van der Waals surface area contributed by atoms with Crippen molar-refractivity contribution in [3.8, 4) is 0 Å². The first-order valence-electron chi connectivity index (χ1n) is 10.3. The van der Waals surface area contributed by atoms with Gasteiger partial charge in [0.25, 0.3) is 0 Å². The number of amides is 2. The summed E-state index contributed by atoms with van der Waals surface area (Å²) in [6.45, 7) is 8.17. The highest BCUT2D eigenvalue weighted by atomic mass is 16.2. The number of allylic oxidation sites excluding steroid dienone is 2. The van der Waals surface area contributed by atoms with E-state index in [4.69, 9.17) is 0 Å². The molecule has 0 heterocycles. The molecule has 0 aromatic heterocycles. The fraction of sp³-hybridized carbons (Fsp3) is 0.360. The number of anilines is 2. The third-order valence-corrected chi connectivity index (χ3v) is 6.61. The zero-order valence-electron chi connectivity index (χ0n) is 17.5. The molecule has 0 radical (unpaired) electrons. The smallest absolute Gasteiger partial charge is 0.228 e. The van der Waals surface area contributed by atoms with Crippen molar-refractivity contribution >= 4 is 23.2 Å². The van der Waals surface area contributed by atoms with Crippen LogP contribution >= 0.6 is 0 Å². The van der Waals surface area contributed by atoms with Crippen LogP contribution in [-0.2, 0) is 9.59 Å². The highest BCUT2D eigenvalue weighted by Gasteiger charge is 2.51. The number of fused-ring (bicyclic) bond motifs is 2. The summed E-state index contributed by atoms with van der Waals surface area (Å²) in [5.74, 6) is -0.545. The summed E-state index contributed by atoms with van der Waals surface area (Å²) in [5, 5.41) is 6.10. The van der Waals surface area contributed by atoms with Gasteiger partial charge in [0, 0.05) is 11.4 Å². The maximum absolute atomic E-state index is 13.1. The van der Waals surface area contributed by atoms with Gasteiger partial charge in [0.2, 0.25) is 11.8 Å². The number of carbonyl (C=O) groups is 2. The van der Waals surface area contributed by atoms with Gasteiger partial charge in [-0.2, -0.15) is 0 Å². The van der Waals surface area contributed by atoms with Crippen LogP contribution in [0.4, 0.5) is 11.4 Å². The average Bonchev–Trinajstić information content (AvgIpc) is 3.29. The number of rotatable bonds is 4. The van der Waals surface area contributed by atoms with Crippen LogP contribution in [0.5, 0.6) is 0 Å². The second kappa shape index (κ2) is 7.51. The number of nitrogens with one attached hydrogen (secondary N) is 2. The maximum atomic E-state index is 13.1. The predicted octanol–water partition coefficient (Wildman–Crippen LogP) is 4.94. The lowest BCUT2D eigenvalue weighted by Gasteiger charge is -2.26. The molecule has 150 valence electrons. The SMILES string of the molecule is Cc1ccc(NC(=O)[C@@H]2[C@@H](C(=O)Nc3ccc(C)c(C)c3)[C@@H]3C=C[C@@H]2C3)cc1C. The number of carbonyl (C=O) groups excluding carboxylic acids is 2. The number of aryl methyl sites for hydroxylation is 4. The van der Waals surface area contributed by atoms with Crippen LogP contribution < -0.4 is 10.6 Å². The molecule has 29 heavy (non-hydrogen) atoms. The monoisotopic (exact) mass is 388 g/mol. The molecule has 1 fully saturated rings. The van der Waals surface area contributed by atoms with E-state index in [0.29, 0.717) is 0 Å². The molecule has 0 unspecified atom stereocenters. The first kappa shape index (κ1) is 19.4. The van der Waals surface area contributed by atoms with Crippen LogP contribution in [-0.4, -0.2) is 11.8 Å². The molecule has 2 bridgehead atoms. The topological polar surface area (TPSA) is 58.2 Å². The molecule has 4 nitrogen and oxygen atoms in total. The summed E-state index contributed by atoms with van der Waals surface area (Å²) in [7, 11) is 0. The van der Waals surface area contributed by atoms with Gasteiger partial charge in [-0.15, -0.1) is 0 Å². The lowest BCUT2D eigenvalue weighted by molar-refractivity contribution is -0.129. The molecule has 2 aromatic rings. The van der Waals surface area contributed by atoms with E-state index in [0.717, 1.165) is 28.9 Å². The van der Waals surface area contributed by atoms with Gasteiger partial charge in [-0.3, -0.25) is 9.59 Å². The molecular weight excluding hydrogens is 360 g/mol. The van der Waals surface area contributed by atoms with Crippen molar-refractivity contribution < 1.29 is 9.59 Å². The molecule has 0 saturated heterocycles. The van der Waals surface area contributed by atoms with Crippen molar-refractivity contribution in [3.05, 3.63) is 70.8 Å². The van der Waals surface area contributed by atoms with Crippen LogP contribution in [0.15, 0.2) is 48.6 Å². The van der Waals surface area contributed by atoms with Gasteiger partial charge in [-0.1, -0.05) is 24.3 Å². The molecule has 4 rings (SSSR count). The second-order valence-corrected chi connectivity index (χ2v) is 8.58. The van der Waals surface area contributed by atoms with E-state index < -0.39 is 0 Å². The van der Waals surface area contributed by atoms with E-state index in [-0.39, 0.29) is 35.5 Å². The van der Waals surface area contributed by atoms with Gasteiger partial charge in [0.15, 0.2) is 0 Å². The van der Waals surface area contributed by atoms with E-state index in [1.807, 2.05) is 50.2 Å². The Bertz CT molecular complexity index is 928. The van der Waals surface area contributed by atoms with Crippen molar-refractivity contribution in [3.63, 3.8) is 0 Å². The fourth-order valence-corrected chi connectivity index (χ4v) is 4.63. The Morgan fingerprint density at radius 3 is 1.48 bits per heavy atom. The van der Waals surface area contributed by atoms with Gasteiger partial charge < -0.3 is 10.6 Å². The minimum Gasteiger partial charge on any atom is -0.326 e. The molecular formula is C25H28N2O2. The van der Waals surface area contributed by atoms with E-state index in [1.165, 1.54) is 11.1 Å². The second-order valence-electron chi connectivity index (χ2n) is 8.58. The van der Waals surface area contributed by atoms with Gasteiger partial charge in [-0.05, 0) is 92.5 Å². The molecule has 0 spiro atoms. The fourth-order valence-electron chi connectivity index (χ4n) is 4.63. The quantitative estimate of drug-likeness (QED) is 0.729. The van der Waals surface area contributed by atoms with E-state index in [1.54, 1.807) is 0 Å². The average molecular weight is 389 g/mol. The molecule has 2 amide bonds. The summed E-state index contributed by atoms with van der Waals surface area (Å²) in [6, 6.07) is 11.8. The summed E-state index contributed by atoms with van der Waals surface area (Å²) in [5.41, 5.74) is 6.24. The lowest BCUT2D eigenvalue weighted by Crippen LogP contribution is -2.39. The Kier molecular flexibility index (Phi) is 5.03. The van der Waals surface area contributed by atoms with Crippen LogP contribution in [0.2, 0.25) is 0 Å².